The summed E-state index contributed by atoms with van der Waals surface area (Å²) in [5.41, 5.74) is 2.51. The lowest BCUT2D eigenvalue weighted by Crippen LogP contribution is -2.10. The molecule has 0 aliphatic carbocycles. The highest BCUT2D eigenvalue weighted by molar-refractivity contribution is 14.1. The van der Waals surface area contributed by atoms with Gasteiger partial charge < -0.3 is 9.88 Å². The maximum atomic E-state index is 4.30. The van der Waals surface area contributed by atoms with E-state index in [0.29, 0.717) is 5.92 Å². The van der Waals surface area contributed by atoms with Gasteiger partial charge >= 0.3 is 0 Å². The largest absolute Gasteiger partial charge is 0.316 e. The van der Waals surface area contributed by atoms with Gasteiger partial charge in [-0.05, 0) is 59.8 Å². The number of nitrogens with one attached hydrogen (secondary N) is 1. The fraction of sp³-hybridized carbons (Fsp3) is 0.308. The van der Waals surface area contributed by atoms with Crippen molar-refractivity contribution in [3.8, 4) is 5.69 Å². The Bertz CT molecular complexity index is 498. The van der Waals surface area contributed by atoms with Crippen LogP contribution >= 0.6 is 22.6 Å². The number of halogens is 1. The van der Waals surface area contributed by atoms with Gasteiger partial charge in [0, 0.05) is 33.6 Å². The molecule has 1 unspecified atom stereocenters. The van der Waals surface area contributed by atoms with Crippen LogP contribution in [-0.2, 0) is 0 Å². The van der Waals surface area contributed by atoms with Crippen LogP contribution in [0.15, 0.2) is 36.8 Å². The lowest BCUT2D eigenvalue weighted by molar-refractivity contribution is 0.714. The zero-order valence-corrected chi connectivity index (χ0v) is 11.6. The minimum Gasteiger partial charge on any atom is -0.316 e. The van der Waals surface area contributed by atoms with Gasteiger partial charge in [0.25, 0.3) is 0 Å². The minimum absolute atomic E-state index is 0.594. The van der Waals surface area contributed by atoms with Gasteiger partial charge in [-0.25, -0.2) is 4.98 Å². The molecule has 1 aromatic carbocycles. The quantitative estimate of drug-likeness (QED) is 0.853. The molecule has 1 fully saturated rings. The zero-order valence-electron chi connectivity index (χ0n) is 9.44. The maximum Gasteiger partial charge on any atom is 0.0994 e. The molecule has 3 nitrogen and oxygen atoms in total. The number of rotatable bonds is 2. The molecule has 0 radical (unpaired) electrons. The Hall–Kier alpha value is -0.880. The van der Waals surface area contributed by atoms with Gasteiger partial charge in [-0.2, -0.15) is 0 Å². The molecule has 1 aliphatic heterocycles. The summed E-state index contributed by atoms with van der Waals surface area (Å²) in [5.74, 6) is 0.594. The molecular weight excluding hydrogens is 325 g/mol. The molecule has 4 heteroatoms. The van der Waals surface area contributed by atoms with Crippen LogP contribution < -0.4 is 5.32 Å². The molecule has 0 amide bonds. The number of hydrogen-bond donors (Lipinski definition) is 1. The van der Waals surface area contributed by atoms with Crippen LogP contribution in [0.3, 0.4) is 0 Å². The summed E-state index contributed by atoms with van der Waals surface area (Å²) in [6.07, 6.45) is 5.11. The van der Waals surface area contributed by atoms with Gasteiger partial charge in [-0.15, -0.1) is 0 Å². The molecule has 0 spiro atoms. The van der Waals surface area contributed by atoms with Crippen LogP contribution in [0.2, 0.25) is 0 Å². The maximum absolute atomic E-state index is 4.30. The molecule has 1 aliphatic rings. The first kappa shape index (κ1) is 11.2. The SMILES string of the molecule is Ic1ccc(-n2cncc2C2CCNC2)cc1. The van der Waals surface area contributed by atoms with Gasteiger partial charge in [0.15, 0.2) is 0 Å². The summed E-state index contributed by atoms with van der Waals surface area (Å²) < 4.78 is 3.46. The van der Waals surface area contributed by atoms with E-state index in [1.807, 2.05) is 12.5 Å². The molecule has 1 atom stereocenters. The van der Waals surface area contributed by atoms with Gasteiger partial charge in [-0.3, -0.25) is 0 Å². The molecule has 88 valence electrons. The fourth-order valence-corrected chi connectivity index (χ4v) is 2.69. The summed E-state index contributed by atoms with van der Waals surface area (Å²) in [5, 5.41) is 3.41. The standard InChI is InChI=1S/C13H14IN3/c14-11-1-3-12(4-2-11)17-9-16-8-13(17)10-5-6-15-7-10/h1-4,8-10,15H,5-7H2. The lowest BCUT2D eigenvalue weighted by atomic mass is 10.1. The third-order valence-corrected chi connectivity index (χ3v) is 3.97. The van der Waals surface area contributed by atoms with E-state index < -0.39 is 0 Å². The van der Waals surface area contributed by atoms with Crippen LogP contribution in [0, 0.1) is 3.57 Å². The van der Waals surface area contributed by atoms with Crippen LogP contribution in [-0.4, -0.2) is 22.6 Å². The van der Waals surface area contributed by atoms with Gasteiger partial charge in [-0.1, -0.05) is 0 Å². The van der Waals surface area contributed by atoms with Crippen LogP contribution in [0.25, 0.3) is 5.69 Å². The Kier molecular flexibility index (Phi) is 3.15. The summed E-state index contributed by atoms with van der Waals surface area (Å²) in [4.78, 5) is 4.30. The first-order chi connectivity index (χ1) is 8.34. The Morgan fingerprint density at radius 3 is 2.82 bits per heavy atom. The number of aromatic nitrogens is 2. The van der Waals surface area contributed by atoms with E-state index in [1.54, 1.807) is 0 Å². The smallest absolute Gasteiger partial charge is 0.0994 e. The summed E-state index contributed by atoms with van der Waals surface area (Å²) in [6.45, 7) is 2.18. The van der Waals surface area contributed by atoms with Crippen LogP contribution in [0.5, 0.6) is 0 Å². The van der Waals surface area contributed by atoms with E-state index in [9.17, 15) is 0 Å². The zero-order chi connectivity index (χ0) is 11.7. The number of imidazole rings is 1. The monoisotopic (exact) mass is 339 g/mol. The first-order valence-electron chi connectivity index (χ1n) is 5.83. The average Bonchev–Trinajstić information content (AvgIpc) is 3.00. The van der Waals surface area contributed by atoms with Crippen LogP contribution in [0.1, 0.15) is 18.0 Å². The molecule has 1 N–H and O–H groups in total. The van der Waals surface area contributed by atoms with Gasteiger partial charge in [0.1, 0.15) is 0 Å². The fourth-order valence-electron chi connectivity index (χ4n) is 2.33. The summed E-state index contributed by atoms with van der Waals surface area (Å²) >= 11 is 2.33. The van der Waals surface area contributed by atoms with Crippen molar-refractivity contribution in [1.82, 2.24) is 14.9 Å². The normalized spacial score (nSPS) is 19.7. The van der Waals surface area contributed by atoms with Crippen molar-refractivity contribution >= 4 is 22.6 Å². The molecule has 2 heterocycles. The molecule has 2 aromatic rings. The van der Waals surface area contributed by atoms with E-state index in [-0.39, 0.29) is 0 Å². The second kappa shape index (κ2) is 4.78. The van der Waals surface area contributed by atoms with Crippen molar-refractivity contribution in [2.75, 3.05) is 13.1 Å². The second-order valence-corrected chi connectivity index (χ2v) is 5.60. The van der Waals surface area contributed by atoms with Crippen molar-refractivity contribution in [3.05, 3.63) is 46.1 Å². The predicted octanol–water partition coefficient (Wildman–Crippen LogP) is 2.55. The number of benzene rings is 1. The summed E-state index contributed by atoms with van der Waals surface area (Å²) in [6, 6.07) is 8.56. The highest BCUT2D eigenvalue weighted by Gasteiger charge is 2.20. The van der Waals surface area contributed by atoms with Gasteiger partial charge in [0.05, 0.1) is 6.33 Å². The number of nitrogens with zero attached hydrogens (tertiary/aromatic N) is 2. The highest BCUT2D eigenvalue weighted by atomic mass is 127. The van der Waals surface area contributed by atoms with E-state index in [1.165, 1.54) is 21.4 Å². The highest BCUT2D eigenvalue weighted by Crippen LogP contribution is 2.24. The van der Waals surface area contributed by atoms with E-state index in [4.69, 9.17) is 0 Å². The first-order valence-corrected chi connectivity index (χ1v) is 6.91. The molecule has 3 rings (SSSR count). The Balaban J connectivity index is 1.97. The lowest BCUT2D eigenvalue weighted by Gasteiger charge is -2.12. The average molecular weight is 339 g/mol. The van der Waals surface area contributed by atoms with Crippen molar-refractivity contribution in [2.24, 2.45) is 0 Å². The van der Waals surface area contributed by atoms with Crippen LogP contribution in [0.4, 0.5) is 0 Å². The Labute approximate surface area is 114 Å². The van der Waals surface area contributed by atoms with Crippen molar-refractivity contribution < 1.29 is 0 Å². The minimum atomic E-state index is 0.594. The second-order valence-electron chi connectivity index (χ2n) is 4.35. The third-order valence-electron chi connectivity index (χ3n) is 3.25. The Morgan fingerprint density at radius 1 is 1.29 bits per heavy atom. The van der Waals surface area contributed by atoms with E-state index in [0.717, 1.165) is 13.1 Å². The van der Waals surface area contributed by atoms with E-state index in [2.05, 4.69) is 61.7 Å². The molecule has 17 heavy (non-hydrogen) atoms. The third kappa shape index (κ3) is 2.24. The predicted molar refractivity (Wildman–Crippen MR) is 76.5 cm³/mol. The summed E-state index contributed by atoms with van der Waals surface area (Å²) in [7, 11) is 0. The molecular formula is C13H14IN3. The number of hydrogen-bond acceptors (Lipinski definition) is 2. The molecule has 0 bridgehead atoms. The van der Waals surface area contributed by atoms with E-state index >= 15 is 0 Å². The van der Waals surface area contributed by atoms with Crippen molar-refractivity contribution in [1.29, 1.82) is 0 Å². The molecule has 0 saturated carbocycles. The molecule has 1 saturated heterocycles. The Morgan fingerprint density at radius 2 is 2.12 bits per heavy atom. The van der Waals surface area contributed by atoms with Crippen molar-refractivity contribution in [3.63, 3.8) is 0 Å². The van der Waals surface area contributed by atoms with Crippen molar-refractivity contribution in [2.45, 2.75) is 12.3 Å². The van der Waals surface area contributed by atoms with Gasteiger partial charge in [0.2, 0.25) is 0 Å². The topological polar surface area (TPSA) is 29.9 Å². The molecule has 1 aromatic heterocycles.